The summed E-state index contributed by atoms with van der Waals surface area (Å²) in [6.45, 7) is 0.416. The minimum Gasteiger partial charge on any atom is -0.493 e. The first-order valence-electron chi connectivity index (χ1n) is 7.21. The van der Waals surface area contributed by atoms with Crippen molar-refractivity contribution in [3.63, 3.8) is 0 Å². The highest BCUT2D eigenvalue weighted by Crippen LogP contribution is 2.34. The Morgan fingerprint density at radius 3 is 2.62 bits per heavy atom. The third kappa shape index (κ3) is 3.55. The SMILES string of the molecule is COc1ccc(-c2nc(C(=O)O)cs2)cc1OCc1ccccc1. The molecule has 0 aliphatic heterocycles. The maximum absolute atomic E-state index is 11.0. The van der Waals surface area contributed by atoms with Gasteiger partial charge in [0, 0.05) is 10.9 Å². The summed E-state index contributed by atoms with van der Waals surface area (Å²) in [5.74, 6) is 0.169. The first-order chi connectivity index (χ1) is 11.7. The molecule has 1 heterocycles. The number of carbonyl (C=O) groups is 1. The van der Waals surface area contributed by atoms with Crippen molar-refractivity contribution in [2.75, 3.05) is 7.11 Å². The van der Waals surface area contributed by atoms with Crippen molar-refractivity contribution in [1.82, 2.24) is 4.98 Å². The molecule has 3 rings (SSSR count). The van der Waals surface area contributed by atoms with Gasteiger partial charge >= 0.3 is 5.97 Å². The number of rotatable bonds is 6. The molecule has 0 fully saturated rings. The van der Waals surface area contributed by atoms with Gasteiger partial charge in [-0.3, -0.25) is 0 Å². The molecule has 24 heavy (non-hydrogen) atoms. The van der Waals surface area contributed by atoms with E-state index in [9.17, 15) is 4.79 Å². The van der Waals surface area contributed by atoms with Gasteiger partial charge in [-0.05, 0) is 23.8 Å². The van der Waals surface area contributed by atoms with Crippen LogP contribution in [0.25, 0.3) is 10.6 Å². The Bertz CT molecular complexity index is 845. The zero-order valence-corrected chi connectivity index (χ0v) is 13.7. The monoisotopic (exact) mass is 341 g/mol. The summed E-state index contributed by atoms with van der Waals surface area (Å²) in [5, 5.41) is 11.1. The Hall–Kier alpha value is -2.86. The van der Waals surface area contributed by atoms with Gasteiger partial charge in [0.05, 0.1) is 7.11 Å². The number of ether oxygens (including phenoxy) is 2. The highest BCUT2D eigenvalue weighted by atomic mass is 32.1. The van der Waals surface area contributed by atoms with Gasteiger partial charge in [0.25, 0.3) is 0 Å². The molecule has 0 aliphatic rings. The minimum absolute atomic E-state index is 0.0394. The Labute approximate surface area is 143 Å². The second kappa shape index (κ2) is 7.14. The molecule has 0 radical (unpaired) electrons. The lowest BCUT2D eigenvalue weighted by Crippen LogP contribution is -1.98. The third-order valence-electron chi connectivity index (χ3n) is 3.37. The highest BCUT2D eigenvalue weighted by molar-refractivity contribution is 7.13. The van der Waals surface area contributed by atoms with E-state index in [-0.39, 0.29) is 5.69 Å². The first kappa shape index (κ1) is 16.0. The van der Waals surface area contributed by atoms with E-state index in [0.29, 0.717) is 23.1 Å². The van der Waals surface area contributed by atoms with Crippen LogP contribution in [0.4, 0.5) is 0 Å². The molecule has 0 saturated heterocycles. The Balaban J connectivity index is 1.85. The largest absolute Gasteiger partial charge is 0.493 e. The fourth-order valence-corrected chi connectivity index (χ4v) is 2.95. The summed E-state index contributed by atoms with van der Waals surface area (Å²) in [6.07, 6.45) is 0. The molecule has 0 saturated carbocycles. The van der Waals surface area contributed by atoms with Crippen LogP contribution < -0.4 is 9.47 Å². The van der Waals surface area contributed by atoms with Gasteiger partial charge in [0.15, 0.2) is 17.2 Å². The number of carboxylic acid groups (broad SMARTS) is 1. The molecule has 0 unspecified atom stereocenters. The number of hydrogen-bond acceptors (Lipinski definition) is 5. The average molecular weight is 341 g/mol. The molecule has 1 N–H and O–H groups in total. The molecule has 0 bridgehead atoms. The normalized spacial score (nSPS) is 10.4. The van der Waals surface area contributed by atoms with Crippen molar-refractivity contribution in [3.05, 3.63) is 65.2 Å². The van der Waals surface area contributed by atoms with E-state index in [1.165, 1.54) is 16.7 Å². The number of aromatic nitrogens is 1. The summed E-state index contributed by atoms with van der Waals surface area (Å²) in [6, 6.07) is 15.3. The van der Waals surface area contributed by atoms with Gasteiger partial charge in [-0.15, -0.1) is 11.3 Å². The third-order valence-corrected chi connectivity index (χ3v) is 4.26. The summed E-state index contributed by atoms with van der Waals surface area (Å²) in [5.41, 5.74) is 1.88. The number of aromatic carboxylic acids is 1. The van der Waals surface area contributed by atoms with Gasteiger partial charge in [-0.25, -0.2) is 9.78 Å². The number of methoxy groups -OCH3 is 1. The van der Waals surface area contributed by atoms with Crippen LogP contribution in [0, 0.1) is 0 Å². The molecule has 0 atom stereocenters. The molecule has 0 amide bonds. The molecular formula is C18H15NO4S. The fourth-order valence-electron chi connectivity index (χ4n) is 2.16. The van der Waals surface area contributed by atoms with Crippen LogP contribution in [-0.4, -0.2) is 23.2 Å². The van der Waals surface area contributed by atoms with E-state index >= 15 is 0 Å². The number of nitrogens with zero attached hydrogens (tertiary/aromatic N) is 1. The lowest BCUT2D eigenvalue weighted by Gasteiger charge is -2.12. The highest BCUT2D eigenvalue weighted by Gasteiger charge is 2.13. The predicted molar refractivity (Wildman–Crippen MR) is 91.8 cm³/mol. The van der Waals surface area contributed by atoms with E-state index in [1.807, 2.05) is 42.5 Å². The summed E-state index contributed by atoms with van der Waals surface area (Å²) in [4.78, 5) is 15.1. The van der Waals surface area contributed by atoms with Crippen molar-refractivity contribution < 1.29 is 19.4 Å². The lowest BCUT2D eigenvalue weighted by molar-refractivity contribution is 0.0691. The number of thiazole rings is 1. The Morgan fingerprint density at radius 1 is 1.17 bits per heavy atom. The van der Waals surface area contributed by atoms with E-state index in [0.717, 1.165) is 11.1 Å². The Morgan fingerprint density at radius 2 is 1.96 bits per heavy atom. The van der Waals surface area contributed by atoms with Crippen molar-refractivity contribution in [2.24, 2.45) is 0 Å². The van der Waals surface area contributed by atoms with Crippen LogP contribution in [0.15, 0.2) is 53.9 Å². The number of hydrogen-bond donors (Lipinski definition) is 1. The second-order valence-electron chi connectivity index (χ2n) is 4.98. The van der Waals surface area contributed by atoms with Crippen LogP contribution in [0.1, 0.15) is 16.1 Å². The van der Waals surface area contributed by atoms with E-state index in [2.05, 4.69) is 4.98 Å². The molecule has 6 heteroatoms. The zero-order valence-electron chi connectivity index (χ0n) is 12.9. The predicted octanol–water partition coefficient (Wildman–Crippen LogP) is 4.10. The maximum atomic E-state index is 11.0. The van der Waals surface area contributed by atoms with Crippen LogP contribution in [-0.2, 0) is 6.61 Å². The molecule has 122 valence electrons. The topological polar surface area (TPSA) is 68.7 Å². The van der Waals surface area contributed by atoms with Gasteiger partial charge in [0.2, 0.25) is 0 Å². The van der Waals surface area contributed by atoms with E-state index in [4.69, 9.17) is 14.6 Å². The summed E-state index contributed by atoms with van der Waals surface area (Å²) < 4.78 is 11.2. The van der Waals surface area contributed by atoms with Crippen molar-refractivity contribution >= 4 is 17.3 Å². The minimum atomic E-state index is -1.04. The number of carboxylic acids is 1. The van der Waals surface area contributed by atoms with Crippen LogP contribution in [0.2, 0.25) is 0 Å². The summed E-state index contributed by atoms with van der Waals surface area (Å²) in [7, 11) is 1.58. The first-order valence-corrected chi connectivity index (χ1v) is 8.09. The van der Waals surface area contributed by atoms with E-state index in [1.54, 1.807) is 13.2 Å². The second-order valence-corrected chi connectivity index (χ2v) is 5.84. The fraction of sp³-hybridized carbons (Fsp3) is 0.111. The van der Waals surface area contributed by atoms with Crippen molar-refractivity contribution in [2.45, 2.75) is 6.61 Å². The molecule has 0 aliphatic carbocycles. The van der Waals surface area contributed by atoms with Crippen LogP contribution >= 0.6 is 11.3 Å². The van der Waals surface area contributed by atoms with Crippen LogP contribution in [0.5, 0.6) is 11.5 Å². The van der Waals surface area contributed by atoms with Gasteiger partial charge in [0.1, 0.15) is 11.6 Å². The lowest BCUT2D eigenvalue weighted by atomic mass is 10.2. The zero-order chi connectivity index (χ0) is 16.9. The summed E-state index contributed by atoms with van der Waals surface area (Å²) >= 11 is 1.28. The van der Waals surface area contributed by atoms with E-state index < -0.39 is 5.97 Å². The maximum Gasteiger partial charge on any atom is 0.355 e. The van der Waals surface area contributed by atoms with Gasteiger partial charge in [-0.2, -0.15) is 0 Å². The smallest absolute Gasteiger partial charge is 0.355 e. The standard InChI is InChI=1S/C18H15NO4S/c1-22-15-8-7-13(17-19-14(11-24-17)18(20)21)9-16(15)23-10-12-5-3-2-4-6-12/h2-9,11H,10H2,1H3,(H,20,21). The quantitative estimate of drug-likeness (QED) is 0.731. The molecule has 2 aromatic carbocycles. The number of benzene rings is 2. The van der Waals surface area contributed by atoms with Crippen molar-refractivity contribution in [1.29, 1.82) is 0 Å². The van der Waals surface area contributed by atoms with Gasteiger partial charge < -0.3 is 14.6 Å². The molecule has 3 aromatic rings. The molecular weight excluding hydrogens is 326 g/mol. The average Bonchev–Trinajstić information content (AvgIpc) is 3.11. The molecule has 5 nitrogen and oxygen atoms in total. The van der Waals surface area contributed by atoms with Crippen molar-refractivity contribution in [3.8, 4) is 22.1 Å². The Kier molecular flexibility index (Phi) is 4.77. The molecule has 0 spiro atoms. The van der Waals surface area contributed by atoms with Crippen LogP contribution in [0.3, 0.4) is 0 Å². The molecule has 1 aromatic heterocycles. The van der Waals surface area contributed by atoms with Gasteiger partial charge in [-0.1, -0.05) is 30.3 Å².